The molecule has 1 aromatic rings. The molecular formula is C18H35N3. The predicted octanol–water partition coefficient (Wildman–Crippen LogP) is 5.08. The molecule has 1 atom stereocenters. The number of nitrogens with one attached hydrogen (secondary N) is 1. The topological polar surface area (TPSA) is 29.9 Å². The highest BCUT2D eigenvalue weighted by molar-refractivity contribution is 5.10. The third-order valence-corrected chi connectivity index (χ3v) is 4.16. The summed E-state index contributed by atoms with van der Waals surface area (Å²) in [6.07, 6.45) is 16.3. The maximum Gasteiger partial charge on any atom is 0.0537 e. The molecule has 0 aliphatic heterocycles. The molecule has 1 unspecified atom stereocenters. The van der Waals surface area contributed by atoms with Crippen LogP contribution in [0.5, 0.6) is 0 Å². The first-order chi connectivity index (χ1) is 10.3. The first-order valence-corrected chi connectivity index (χ1v) is 9.07. The second-order valence-electron chi connectivity index (χ2n) is 6.03. The van der Waals surface area contributed by atoms with Crippen LogP contribution in [0.15, 0.2) is 12.4 Å². The lowest BCUT2D eigenvalue weighted by Crippen LogP contribution is -2.19. The summed E-state index contributed by atoms with van der Waals surface area (Å²) in [4.78, 5) is 0. The zero-order chi connectivity index (χ0) is 15.3. The molecule has 0 bridgehead atoms. The molecular weight excluding hydrogens is 258 g/mol. The van der Waals surface area contributed by atoms with Gasteiger partial charge in [-0.1, -0.05) is 65.7 Å². The van der Waals surface area contributed by atoms with Crippen LogP contribution in [0, 0.1) is 0 Å². The average Bonchev–Trinajstić information content (AvgIpc) is 2.96. The highest BCUT2D eigenvalue weighted by Crippen LogP contribution is 2.16. The molecule has 122 valence electrons. The first kappa shape index (κ1) is 18.2. The third kappa shape index (κ3) is 7.66. The second-order valence-corrected chi connectivity index (χ2v) is 6.03. The molecule has 1 heterocycles. The zero-order valence-corrected chi connectivity index (χ0v) is 14.4. The Morgan fingerprint density at radius 3 is 2.29 bits per heavy atom. The van der Waals surface area contributed by atoms with E-state index in [2.05, 4.69) is 42.1 Å². The fourth-order valence-corrected chi connectivity index (χ4v) is 2.83. The van der Waals surface area contributed by atoms with Crippen molar-refractivity contribution in [3.05, 3.63) is 18.0 Å². The lowest BCUT2D eigenvalue weighted by atomic mass is 10.1. The summed E-state index contributed by atoms with van der Waals surface area (Å²) in [6.45, 7) is 8.74. The molecule has 1 rings (SSSR count). The Hall–Kier alpha value is -0.830. The zero-order valence-electron chi connectivity index (χ0n) is 14.4. The van der Waals surface area contributed by atoms with Crippen LogP contribution in [0.1, 0.15) is 90.2 Å². The van der Waals surface area contributed by atoms with Crippen LogP contribution < -0.4 is 5.32 Å². The number of aromatic nitrogens is 2. The standard InChI is InChI=1S/C18H35N3/c1-4-7-8-9-10-11-12-13-14-21-16-17(15-20-21)18(5-2)19-6-3/h15-16,18-19H,4-14H2,1-3H3. The smallest absolute Gasteiger partial charge is 0.0537 e. The van der Waals surface area contributed by atoms with Crippen LogP contribution in [0.3, 0.4) is 0 Å². The molecule has 1 N–H and O–H groups in total. The van der Waals surface area contributed by atoms with Crippen LogP contribution in [0.4, 0.5) is 0 Å². The Morgan fingerprint density at radius 1 is 1.00 bits per heavy atom. The van der Waals surface area contributed by atoms with Gasteiger partial charge >= 0.3 is 0 Å². The SMILES string of the molecule is CCCCCCCCCCn1cc(C(CC)NCC)cn1. The molecule has 0 saturated carbocycles. The van der Waals surface area contributed by atoms with Crippen molar-refractivity contribution >= 4 is 0 Å². The summed E-state index contributed by atoms with van der Waals surface area (Å²) in [5, 5.41) is 8.01. The molecule has 3 heteroatoms. The van der Waals surface area contributed by atoms with Gasteiger partial charge in [-0.15, -0.1) is 0 Å². The molecule has 0 aromatic carbocycles. The van der Waals surface area contributed by atoms with Gasteiger partial charge in [0.05, 0.1) is 6.20 Å². The summed E-state index contributed by atoms with van der Waals surface area (Å²) in [7, 11) is 0. The number of hydrogen-bond donors (Lipinski definition) is 1. The summed E-state index contributed by atoms with van der Waals surface area (Å²) in [5.41, 5.74) is 1.33. The maximum atomic E-state index is 4.50. The molecule has 0 amide bonds. The Kier molecular flexibility index (Phi) is 10.2. The Labute approximate surface area is 131 Å². The minimum atomic E-state index is 0.460. The monoisotopic (exact) mass is 293 g/mol. The summed E-state index contributed by atoms with van der Waals surface area (Å²) < 4.78 is 2.12. The summed E-state index contributed by atoms with van der Waals surface area (Å²) >= 11 is 0. The van der Waals surface area contributed by atoms with Gasteiger partial charge in [-0.2, -0.15) is 5.10 Å². The van der Waals surface area contributed by atoms with Gasteiger partial charge in [0.25, 0.3) is 0 Å². The van der Waals surface area contributed by atoms with Gasteiger partial charge in [-0.25, -0.2) is 0 Å². The van der Waals surface area contributed by atoms with Gasteiger partial charge < -0.3 is 5.32 Å². The minimum absolute atomic E-state index is 0.460. The molecule has 0 fully saturated rings. The molecule has 0 aliphatic rings. The van der Waals surface area contributed by atoms with Gasteiger partial charge in [0.2, 0.25) is 0 Å². The number of hydrogen-bond acceptors (Lipinski definition) is 2. The fraction of sp³-hybridized carbons (Fsp3) is 0.833. The highest BCUT2D eigenvalue weighted by atomic mass is 15.3. The van der Waals surface area contributed by atoms with Crippen molar-refractivity contribution in [3.63, 3.8) is 0 Å². The van der Waals surface area contributed by atoms with Crippen LogP contribution >= 0.6 is 0 Å². The van der Waals surface area contributed by atoms with Crippen molar-refractivity contribution in [1.29, 1.82) is 0 Å². The highest BCUT2D eigenvalue weighted by Gasteiger charge is 2.09. The Balaban J connectivity index is 2.14. The van der Waals surface area contributed by atoms with Gasteiger partial charge in [0.1, 0.15) is 0 Å². The second kappa shape index (κ2) is 11.8. The van der Waals surface area contributed by atoms with Crippen LogP contribution in [0.25, 0.3) is 0 Å². The van der Waals surface area contributed by atoms with E-state index in [-0.39, 0.29) is 0 Å². The van der Waals surface area contributed by atoms with E-state index in [4.69, 9.17) is 0 Å². The van der Waals surface area contributed by atoms with Crippen LogP contribution in [-0.2, 0) is 6.54 Å². The van der Waals surface area contributed by atoms with Crippen molar-refractivity contribution in [3.8, 4) is 0 Å². The van der Waals surface area contributed by atoms with E-state index < -0.39 is 0 Å². The normalized spacial score (nSPS) is 12.7. The van der Waals surface area contributed by atoms with E-state index in [9.17, 15) is 0 Å². The van der Waals surface area contributed by atoms with E-state index >= 15 is 0 Å². The average molecular weight is 293 g/mol. The third-order valence-electron chi connectivity index (χ3n) is 4.16. The van der Waals surface area contributed by atoms with Crippen LogP contribution in [-0.4, -0.2) is 16.3 Å². The van der Waals surface area contributed by atoms with E-state index in [1.54, 1.807) is 0 Å². The Morgan fingerprint density at radius 2 is 1.67 bits per heavy atom. The van der Waals surface area contributed by atoms with Gasteiger partial charge in [-0.3, -0.25) is 4.68 Å². The van der Waals surface area contributed by atoms with Gasteiger partial charge in [0.15, 0.2) is 0 Å². The lowest BCUT2D eigenvalue weighted by Gasteiger charge is -2.13. The quantitative estimate of drug-likeness (QED) is 0.514. The van der Waals surface area contributed by atoms with E-state index in [0.717, 1.165) is 19.5 Å². The lowest BCUT2D eigenvalue weighted by molar-refractivity contribution is 0.516. The first-order valence-electron chi connectivity index (χ1n) is 9.07. The van der Waals surface area contributed by atoms with Gasteiger partial charge in [-0.05, 0) is 19.4 Å². The molecule has 3 nitrogen and oxygen atoms in total. The van der Waals surface area contributed by atoms with Crippen molar-refractivity contribution in [2.45, 2.75) is 91.1 Å². The Bertz CT molecular complexity index is 346. The largest absolute Gasteiger partial charge is 0.310 e. The summed E-state index contributed by atoms with van der Waals surface area (Å²) in [6, 6.07) is 0.460. The molecule has 21 heavy (non-hydrogen) atoms. The number of nitrogens with zero attached hydrogens (tertiary/aromatic N) is 2. The van der Waals surface area contributed by atoms with Crippen LogP contribution in [0.2, 0.25) is 0 Å². The van der Waals surface area contributed by atoms with Crippen molar-refractivity contribution in [1.82, 2.24) is 15.1 Å². The van der Waals surface area contributed by atoms with Crippen molar-refractivity contribution < 1.29 is 0 Å². The maximum absolute atomic E-state index is 4.50. The number of rotatable bonds is 13. The number of unbranched alkanes of at least 4 members (excludes halogenated alkanes) is 7. The molecule has 0 aliphatic carbocycles. The molecule has 0 radical (unpaired) electrons. The predicted molar refractivity (Wildman–Crippen MR) is 91.5 cm³/mol. The minimum Gasteiger partial charge on any atom is -0.310 e. The summed E-state index contributed by atoms with van der Waals surface area (Å²) in [5.74, 6) is 0. The molecule has 0 saturated heterocycles. The van der Waals surface area contributed by atoms with E-state index in [1.165, 1.54) is 56.9 Å². The molecule has 1 aromatic heterocycles. The van der Waals surface area contributed by atoms with Crippen molar-refractivity contribution in [2.24, 2.45) is 0 Å². The fourth-order valence-electron chi connectivity index (χ4n) is 2.83. The van der Waals surface area contributed by atoms with Gasteiger partial charge in [0, 0.05) is 24.3 Å². The number of aryl methyl sites for hydroxylation is 1. The van der Waals surface area contributed by atoms with E-state index in [0.29, 0.717) is 6.04 Å². The van der Waals surface area contributed by atoms with E-state index in [1.807, 2.05) is 6.20 Å². The molecule has 0 spiro atoms. The van der Waals surface area contributed by atoms with Crippen molar-refractivity contribution in [2.75, 3.05) is 6.54 Å².